The van der Waals surface area contributed by atoms with Crippen molar-refractivity contribution in [3.05, 3.63) is 28.0 Å². The predicted molar refractivity (Wildman–Crippen MR) is 42.7 cm³/mol. The van der Waals surface area contributed by atoms with Crippen molar-refractivity contribution >= 4 is 21.9 Å². The van der Waals surface area contributed by atoms with E-state index in [4.69, 9.17) is 10.2 Å². The van der Waals surface area contributed by atoms with Gasteiger partial charge in [-0.2, -0.15) is 0 Å². The highest BCUT2D eigenvalue weighted by molar-refractivity contribution is 9.10. The van der Waals surface area contributed by atoms with E-state index in [2.05, 4.69) is 15.9 Å². The standard InChI is InChI=1S/C7H4BrFO3/c8-5-3(7(11)12)1-2-4(9)6(5)10/h1-2,10H,(H,11,12). The van der Waals surface area contributed by atoms with E-state index in [1.165, 1.54) is 0 Å². The van der Waals surface area contributed by atoms with Crippen molar-refractivity contribution in [1.82, 2.24) is 0 Å². The molecule has 0 aromatic heterocycles. The van der Waals surface area contributed by atoms with Crippen LogP contribution in [0.15, 0.2) is 16.6 Å². The molecule has 0 radical (unpaired) electrons. The van der Waals surface area contributed by atoms with Crippen LogP contribution >= 0.6 is 15.9 Å². The van der Waals surface area contributed by atoms with Gasteiger partial charge in [-0.25, -0.2) is 9.18 Å². The molecule has 0 saturated heterocycles. The lowest BCUT2D eigenvalue weighted by Crippen LogP contribution is -1.98. The third-order valence-corrected chi connectivity index (χ3v) is 2.10. The number of phenols is 1. The molecule has 0 amide bonds. The van der Waals surface area contributed by atoms with Crippen LogP contribution < -0.4 is 0 Å². The number of benzene rings is 1. The zero-order valence-corrected chi connectivity index (χ0v) is 7.30. The summed E-state index contributed by atoms with van der Waals surface area (Å²) >= 11 is 2.76. The zero-order valence-electron chi connectivity index (χ0n) is 5.71. The number of aromatic hydroxyl groups is 1. The molecular formula is C7H4BrFO3. The van der Waals surface area contributed by atoms with Gasteiger partial charge in [0.1, 0.15) is 0 Å². The van der Waals surface area contributed by atoms with E-state index < -0.39 is 17.5 Å². The Bertz CT molecular complexity index is 338. The van der Waals surface area contributed by atoms with Gasteiger partial charge in [0.2, 0.25) is 0 Å². The molecule has 0 spiro atoms. The Hall–Kier alpha value is -1.10. The Balaban J connectivity index is 3.36. The van der Waals surface area contributed by atoms with Crippen LogP contribution in [-0.2, 0) is 0 Å². The fraction of sp³-hybridized carbons (Fsp3) is 0. The summed E-state index contributed by atoms with van der Waals surface area (Å²) in [5.41, 5.74) is -0.172. The first kappa shape index (κ1) is 8.99. The quantitative estimate of drug-likeness (QED) is 0.782. The molecule has 1 aromatic carbocycles. The largest absolute Gasteiger partial charge is 0.504 e. The number of aromatic carboxylic acids is 1. The van der Waals surface area contributed by atoms with Crippen molar-refractivity contribution in [3.8, 4) is 5.75 Å². The normalized spacial score (nSPS) is 9.83. The fourth-order valence-electron chi connectivity index (χ4n) is 0.706. The van der Waals surface area contributed by atoms with Gasteiger partial charge in [0.25, 0.3) is 0 Å². The van der Waals surface area contributed by atoms with Crippen LogP contribution in [0.1, 0.15) is 10.4 Å². The Morgan fingerprint density at radius 2 is 2.08 bits per heavy atom. The molecule has 12 heavy (non-hydrogen) atoms. The first-order valence-corrected chi connectivity index (χ1v) is 3.73. The fourth-order valence-corrected chi connectivity index (χ4v) is 1.20. The summed E-state index contributed by atoms with van der Waals surface area (Å²) in [6.07, 6.45) is 0. The molecule has 0 unspecified atom stereocenters. The third kappa shape index (κ3) is 1.40. The summed E-state index contributed by atoms with van der Waals surface area (Å²) in [6.45, 7) is 0. The van der Waals surface area contributed by atoms with Crippen molar-refractivity contribution in [2.45, 2.75) is 0 Å². The minimum atomic E-state index is -1.22. The molecule has 0 fully saturated rings. The average Bonchev–Trinajstić information content (AvgIpc) is 2.00. The monoisotopic (exact) mass is 234 g/mol. The van der Waals surface area contributed by atoms with Crippen LogP contribution in [0.3, 0.4) is 0 Å². The second-order valence-corrected chi connectivity index (χ2v) is 2.86. The molecule has 0 aliphatic rings. The third-order valence-electron chi connectivity index (χ3n) is 1.30. The number of halogens is 2. The number of hydrogen-bond acceptors (Lipinski definition) is 2. The molecule has 1 rings (SSSR count). The van der Waals surface area contributed by atoms with E-state index in [1.54, 1.807) is 0 Å². The van der Waals surface area contributed by atoms with Crippen LogP contribution in [0.2, 0.25) is 0 Å². The molecule has 5 heteroatoms. The van der Waals surface area contributed by atoms with E-state index in [-0.39, 0.29) is 10.0 Å². The van der Waals surface area contributed by atoms with E-state index in [0.717, 1.165) is 12.1 Å². The summed E-state index contributed by atoms with van der Waals surface area (Å²) in [5.74, 6) is -2.76. The molecule has 0 atom stereocenters. The molecule has 0 bridgehead atoms. The van der Waals surface area contributed by atoms with E-state index in [9.17, 15) is 9.18 Å². The van der Waals surface area contributed by atoms with Gasteiger partial charge in [0, 0.05) is 0 Å². The molecule has 3 nitrogen and oxygen atoms in total. The number of phenolic OH excluding ortho intramolecular Hbond substituents is 1. The van der Waals surface area contributed by atoms with Crippen LogP contribution in [0.4, 0.5) is 4.39 Å². The summed E-state index contributed by atoms with van der Waals surface area (Å²) in [7, 11) is 0. The van der Waals surface area contributed by atoms with Gasteiger partial charge in [-0.1, -0.05) is 0 Å². The Morgan fingerprint density at radius 3 is 2.58 bits per heavy atom. The average molecular weight is 235 g/mol. The highest BCUT2D eigenvalue weighted by Gasteiger charge is 2.14. The highest BCUT2D eigenvalue weighted by Crippen LogP contribution is 2.30. The van der Waals surface area contributed by atoms with E-state index >= 15 is 0 Å². The molecule has 64 valence electrons. The summed E-state index contributed by atoms with van der Waals surface area (Å²) in [4.78, 5) is 10.4. The summed E-state index contributed by atoms with van der Waals surface area (Å²) < 4.78 is 12.4. The van der Waals surface area contributed by atoms with Crippen molar-refractivity contribution in [2.24, 2.45) is 0 Å². The minimum absolute atomic E-state index is 0.144. The molecule has 2 N–H and O–H groups in total. The van der Waals surface area contributed by atoms with Crippen LogP contribution in [0.25, 0.3) is 0 Å². The van der Waals surface area contributed by atoms with E-state index in [1.807, 2.05) is 0 Å². The lowest BCUT2D eigenvalue weighted by atomic mass is 10.2. The van der Waals surface area contributed by atoms with Gasteiger partial charge in [-0.15, -0.1) is 0 Å². The Morgan fingerprint density at radius 1 is 1.50 bits per heavy atom. The number of carboxylic acids is 1. The van der Waals surface area contributed by atoms with Crippen LogP contribution in [-0.4, -0.2) is 16.2 Å². The maximum Gasteiger partial charge on any atom is 0.336 e. The lowest BCUT2D eigenvalue weighted by Gasteiger charge is -2.01. The Kier molecular flexibility index (Phi) is 2.32. The highest BCUT2D eigenvalue weighted by atomic mass is 79.9. The number of carboxylic acid groups (broad SMARTS) is 1. The maximum absolute atomic E-state index is 12.6. The number of carbonyl (C=O) groups is 1. The van der Waals surface area contributed by atoms with Crippen LogP contribution in [0.5, 0.6) is 5.75 Å². The molecule has 0 saturated carbocycles. The topological polar surface area (TPSA) is 57.5 Å². The SMILES string of the molecule is O=C(O)c1ccc(F)c(O)c1Br. The van der Waals surface area contributed by atoms with Gasteiger partial charge in [-0.05, 0) is 28.1 Å². The van der Waals surface area contributed by atoms with Crippen molar-refractivity contribution in [1.29, 1.82) is 0 Å². The van der Waals surface area contributed by atoms with Gasteiger partial charge in [0.05, 0.1) is 10.0 Å². The van der Waals surface area contributed by atoms with Gasteiger partial charge < -0.3 is 10.2 Å². The smallest absolute Gasteiger partial charge is 0.336 e. The molecule has 0 heterocycles. The maximum atomic E-state index is 12.6. The first-order chi connectivity index (χ1) is 5.54. The first-order valence-electron chi connectivity index (χ1n) is 2.94. The molecule has 0 aliphatic heterocycles. The second-order valence-electron chi connectivity index (χ2n) is 2.06. The Labute approximate surface area is 75.6 Å². The summed E-state index contributed by atoms with van der Waals surface area (Å²) in [6, 6.07) is 1.96. The van der Waals surface area contributed by atoms with Crippen molar-refractivity contribution in [2.75, 3.05) is 0 Å². The predicted octanol–water partition coefficient (Wildman–Crippen LogP) is 1.99. The van der Waals surface area contributed by atoms with Gasteiger partial charge >= 0.3 is 5.97 Å². The molecule has 0 aliphatic carbocycles. The number of hydrogen-bond donors (Lipinski definition) is 2. The van der Waals surface area contributed by atoms with Gasteiger partial charge in [-0.3, -0.25) is 0 Å². The second kappa shape index (κ2) is 3.10. The molecular weight excluding hydrogens is 231 g/mol. The van der Waals surface area contributed by atoms with Crippen LogP contribution in [0, 0.1) is 5.82 Å². The molecule has 1 aromatic rings. The summed E-state index contributed by atoms with van der Waals surface area (Å²) in [5, 5.41) is 17.5. The van der Waals surface area contributed by atoms with E-state index in [0.29, 0.717) is 0 Å². The van der Waals surface area contributed by atoms with Crippen molar-refractivity contribution in [3.63, 3.8) is 0 Å². The number of rotatable bonds is 1. The minimum Gasteiger partial charge on any atom is -0.504 e. The van der Waals surface area contributed by atoms with Gasteiger partial charge in [0.15, 0.2) is 11.6 Å². The van der Waals surface area contributed by atoms with Crippen molar-refractivity contribution < 1.29 is 19.4 Å². The zero-order chi connectivity index (χ0) is 9.30. The lowest BCUT2D eigenvalue weighted by molar-refractivity contribution is 0.0695.